The molecule has 5 atom stereocenters. The number of aliphatic hydroxyl groups excluding tert-OH is 1. The summed E-state index contributed by atoms with van der Waals surface area (Å²) in [6.45, 7) is 1.36. The molecule has 116 valence electrons. The van der Waals surface area contributed by atoms with E-state index in [1.807, 2.05) is 4.98 Å². The van der Waals surface area contributed by atoms with Gasteiger partial charge in [0.2, 0.25) is 5.79 Å². The zero-order chi connectivity index (χ0) is 15.6. The van der Waals surface area contributed by atoms with Gasteiger partial charge in [-0.05, 0) is 6.92 Å². The van der Waals surface area contributed by atoms with Gasteiger partial charge in [-0.15, -0.1) is 0 Å². The number of alkyl halides is 1. The SMILES string of the molecule is Cc1c([C@]2(O)C[C@@]3(O)CC(F)C(O)[C@H]3O2)[nH]c(=O)[nH]c1=O. The highest BCUT2D eigenvalue weighted by molar-refractivity contribution is 5.24. The predicted octanol–water partition coefficient (Wildman–Crippen LogP) is -1.86. The van der Waals surface area contributed by atoms with Gasteiger partial charge in [-0.1, -0.05) is 0 Å². The largest absolute Gasteiger partial charge is 0.387 e. The van der Waals surface area contributed by atoms with Gasteiger partial charge in [-0.25, -0.2) is 9.18 Å². The van der Waals surface area contributed by atoms with Gasteiger partial charge in [0, 0.05) is 18.4 Å². The summed E-state index contributed by atoms with van der Waals surface area (Å²) in [7, 11) is 0. The monoisotopic (exact) mass is 302 g/mol. The van der Waals surface area contributed by atoms with Crippen LogP contribution >= 0.6 is 0 Å². The van der Waals surface area contributed by atoms with E-state index >= 15 is 0 Å². The normalized spacial score (nSPS) is 42.2. The first-order valence-corrected chi connectivity index (χ1v) is 6.45. The maximum atomic E-state index is 13.5. The van der Waals surface area contributed by atoms with E-state index in [-0.39, 0.29) is 11.3 Å². The fourth-order valence-corrected chi connectivity index (χ4v) is 3.19. The van der Waals surface area contributed by atoms with Gasteiger partial charge in [0.25, 0.3) is 5.56 Å². The molecule has 0 radical (unpaired) electrons. The van der Waals surface area contributed by atoms with Crippen LogP contribution < -0.4 is 11.2 Å². The number of hydrogen-bond donors (Lipinski definition) is 5. The average molecular weight is 302 g/mol. The van der Waals surface area contributed by atoms with Crippen LogP contribution in [-0.2, 0) is 10.5 Å². The Kier molecular flexibility index (Phi) is 2.90. The molecule has 5 N–H and O–H groups in total. The Hall–Kier alpha value is -1.55. The summed E-state index contributed by atoms with van der Waals surface area (Å²) in [5.74, 6) is -2.17. The summed E-state index contributed by atoms with van der Waals surface area (Å²) in [4.78, 5) is 27.2. The number of rotatable bonds is 1. The number of aliphatic hydroxyl groups is 3. The van der Waals surface area contributed by atoms with Gasteiger partial charge in [-0.3, -0.25) is 9.78 Å². The van der Waals surface area contributed by atoms with Crippen molar-refractivity contribution < 1.29 is 24.4 Å². The minimum Gasteiger partial charge on any atom is -0.387 e. The molecule has 2 unspecified atom stereocenters. The van der Waals surface area contributed by atoms with Crippen LogP contribution in [0.5, 0.6) is 0 Å². The lowest BCUT2D eigenvalue weighted by atomic mass is 9.92. The Morgan fingerprint density at radius 2 is 2.00 bits per heavy atom. The van der Waals surface area contributed by atoms with Crippen molar-refractivity contribution in [2.45, 2.75) is 49.5 Å². The summed E-state index contributed by atoms with van der Waals surface area (Å²) in [5.41, 5.74) is -3.52. The molecule has 0 aromatic carbocycles. The minimum absolute atomic E-state index is 0.00645. The van der Waals surface area contributed by atoms with E-state index in [0.29, 0.717) is 0 Å². The smallest absolute Gasteiger partial charge is 0.326 e. The molecule has 1 aliphatic heterocycles. The maximum absolute atomic E-state index is 13.5. The fraction of sp³-hybridized carbons (Fsp3) is 0.667. The molecular formula is C12H15FN2O6. The minimum atomic E-state index is -2.17. The molecule has 0 bridgehead atoms. The van der Waals surface area contributed by atoms with Crippen LogP contribution in [0, 0.1) is 6.92 Å². The van der Waals surface area contributed by atoms with E-state index in [1.54, 1.807) is 0 Å². The van der Waals surface area contributed by atoms with Gasteiger partial charge in [0.15, 0.2) is 0 Å². The van der Waals surface area contributed by atoms with Gasteiger partial charge in [0.1, 0.15) is 24.0 Å². The summed E-state index contributed by atoms with van der Waals surface area (Å²) >= 11 is 0. The third-order valence-corrected chi connectivity index (χ3v) is 4.20. The van der Waals surface area contributed by atoms with E-state index in [1.165, 1.54) is 6.92 Å². The molecule has 1 aromatic rings. The summed E-state index contributed by atoms with van der Waals surface area (Å²) in [6, 6.07) is 0. The third kappa shape index (κ3) is 1.96. The number of aromatic nitrogens is 2. The van der Waals surface area contributed by atoms with Crippen LogP contribution in [-0.4, -0.2) is 49.3 Å². The van der Waals surface area contributed by atoms with Crippen molar-refractivity contribution in [1.29, 1.82) is 0 Å². The Balaban J connectivity index is 2.06. The molecule has 2 heterocycles. The van der Waals surface area contributed by atoms with E-state index < -0.39 is 53.9 Å². The molecule has 3 rings (SSSR count). The lowest BCUT2D eigenvalue weighted by molar-refractivity contribution is -0.221. The van der Waals surface area contributed by atoms with Crippen molar-refractivity contribution in [3.8, 4) is 0 Å². The van der Waals surface area contributed by atoms with Crippen LogP contribution in [0.4, 0.5) is 4.39 Å². The van der Waals surface area contributed by atoms with E-state index in [4.69, 9.17) is 4.74 Å². The van der Waals surface area contributed by atoms with Gasteiger partial charge < -0.3 is 25.0 Å². The second kappa shape index (κ2) is 4.23. The molecule has 1 aliphatic carbocycles. The third-order valence-electron chi connectivity index (χ3n) is 4.20. The first-order chi connectivity index (χ1) is 9.66. The highest BCUT2D eigenvalue weighted by Gasteiger charge is 2.64. The number of hydrogen-bond acceptors (Lipinski definition) is 6. The highest BCUT2D eigenvalue weighted by atomic mass is 19.1. The van der Waals surface area contributed by atoms with Crippen LogP contribution in [0.25, 0.3) is 0 Å². The van der Waals surface area contributed by atoms with Crippen molar-refractivity contribution >= 4 is 0 Å². The van der Waals surface area contributed by atoms with E-state index in [9.17, 15) is 29.3 Å². The Bertz CT molecular complexity index is 702. The zero-order valence-electron chi connectivity index (χ0n) is 11.1. The highest BCUT2D eigenvalue weighted by Crippen LogP contribution is 2.50. The number of nitrogens with one attached hydrogen (secondary N) is 2. The Labute approximate surface area is 117 Å². The fourth-order valence-electron chi connectivity index (χ4n) is 3.19. The second-order valence-electron chi connectivity index (χ2n) is 5.72. The summed E-state index contributed by atoms with van der Waals surface area (Å²) in [5, 5.41) is 30.5. The van der Waals surface area contributed by atoms with Crippen LogP contribution in [0.15, 0.2) is 9.59 Å². The van der Waals surface area contributed by atoms with Crippen LogP contribution in [0.2, 0.25) is 0 Å². The molecule has 9 heteroatoms. The molecule has 21 heavy (non-hydrogen) atoms. The molecule has 8 nitrogen and oxygen atoms in total. The number of aromatic amines is 2. The topological polar surface area (TPSA) is 136 Å². The molecule has 0 spiro atoms. The number of H-pyrrole nitrogens is 2. The molecule has 0 amide bonds. The van der Waals surface area contributed by atoms with Crippen molar-refractivity contribution in [1.82, 2.24) is 9.97 Å². The van der Waals surface area contributed by atoms with Gasteiger partial charge >= 0.3 is 5.69 Å². The van der Waals surface area contributed by atoms with Crippen LogP contribution in [0.3, 0.4) is 0 Å². The summed E-state index contributed by atoms with van der Waals surface area (Å²) < 4.78 is 18.7. The van der Waals surface area contributed by atoms with E-state index in [0.717, 1.165) is 0 Å². The molecule has 2 aliphatic rings. The van der Waals surface area contributed by atoms with Crippen molar-refractivity contribution in [2.75, 3.05) is 0 Å². The first kappa shape index (κ1) is 14.4. The average Bonchev–Trinajstić information content (AvgIpc) is 2.74. The molecule has 1 saturated heterocycles. The number of ether oxygens (including phenoxy) is 1. The molecular weight excluding hydrogens is 287 g/mol. The maximum Gasteiger partial charge on any atom is 0.326 e. The molecule has 1 aromatic heterocycles. The lowest BCUT2D eigenvalue weighted by Gasteiger charge is -2.25. The van der Waals surface area contributed by atoms with E-state index in [2.05, 4.69) is 4.98 Å². The van der Waals surface area contributed by atoms with Crippen molar-refractivity contribution in [2.24, 2.45) is 0 Å². The number of fused-ring (bicyclic) bond motifs is 1. The van der Waals surface area contributed by atoms with Gasteiger partial charge in [0.05, 0.1) is 5.69 Å². The zero-order valence-corrected chi connectivity index (χ0v) is 11.1. The van der Waals surface area contributed by atoms with Gasteiger partial charge in [-0.2, -0.15) is 0 Å². The summed E-state index contributed by atoms with van der Waals surface area (Å²) in [6.07, 6.45) is -5.43. The Morgan fingerprint density at radius 3 is 2.62 bits per heavy atom. The second-order valence-corrected chi connectivity index (χ2v) is 5.72. The first-order valence-electron chi connectivity index (χ1n) is 6.45. The number of halogens is 1. The standard InChI is InChI=1S/C12H15FN2O6/c1-4-7(14-10(18)15-9(4)17)12(20)3-11(19)2-5(13)6(16)8(11)21-12/h5-6,8,16,19-20H,2-3H2,1H3,(H2,14,15,17,18)/t5?,6?,8-,11+,12+/m1/s1. The molecule has 2 fully saturated rings. The quantitative estimate of drug-likeness (QED) is 0.413. The lowest BCUT2D eigenvalue weighted by Crippen LogP contribution is -2.38. The predicted molar refractivity (Wildman–Crippen MR) is 66.3 cm³/mol. The van der Waals surface area contributed by atoms with Crippen LogP contribution in [0.1, 0.15) is 24.1 Å². The molecule has 1 saturated carbocycles. The van der Waals surface area contributed by atoms with Crippen molar-refractivity contribution in [3.05, 3.63) is 32.1 Å². The van der Waals surface area contributed by atoms with Crippen molar-refractivity contribution in [3.63, 3.8) is 0 Å². The Morgan fingerprint density at radius 1 is 1.33 bits per heavy atom.